The molecule has 1 heterocycles. The fourth-order valence-electron chi connectivity index (χ4n) is 2.97. The van der Waals surface area contributed by atoms with Gasteiger partial charge < -0.3 is 5.32 Å². The molecule has 1 aromatic rings. The van der Waals surface area contributed by atoms with Gasteiger partial charge in [-0.3, -0.25) is 4.68 Å². The SMILES string of the molecule is CCc1nn(C)cc1CNC1CCCC1(C)C. The van der Waals surface area contributed by atoms with Gasteiger partial charge in [0.15, 0.2) is 0 Å². The van der Waals surface area contributed by atoms with Crippen LogP contribution in [-0.4, -0.2) is 15.8 Å². The van der Waals surface area contributed by atoms with Crippen molar-refractivity contribution >= 4 is 0 Å². The van der Waals surface area contributed by atoms with Crippen molar-refractivity contribution in [1.29, 1.82) is 0 Å². The molecular formula is C14H25N3. The molecule has 0 radical (unpaired) electrons. The van der Waals surface area contributed by atoms with Crippen LogP contribution in [0.4, 0.5) is 0 Å². The summed E-state index contributed by atoms with van der Waals surface area (Å²) in [6.07, 6.45) is 7.19. The Morgan fingerprint density at radius 2 is 2.29 bits per heavy atom. The van der Waals surface area contributed by atoms with Crippen LogP contribution in [0.5, 0.6) is 0 Å². The van der Waals surface area contributed by atoms with Gasteiger partial charge in [-0.15, -0.1) is 0 Å². The van der Waals surface area contributed by atoms with E-state index in [1.165, 1.54) is 30.5 Å². The third-order valence-corrected chi connectivity index (χ3v) is 4.12. The van der Waals surface area contributed by atoms with Gasteiger partial charge in [-0.2, -0.15) is 5.10 Å². The highest BCUT2D eigenvalue weighted by Crippen LogP contribution is 2.37. The molecule has 0 aliphatic heterocycles. The largest absolute Gasteiger partial charge is 0.309 e. The molecular weight excluding hydrogens is 210 g/mol. The summed E-state index contributed by atoms with van der Waals surface area (Å²) in [5, 5.41) is 8.21. The average molecular weight is 235 g/mol. The van der Waals surface area contributed by atoms with E-state index in [-0.39, 0.29) is 0 Å². The Kier molecular flexibility index (Phi) is 3.57. The smallest absolute Gasteiger partial charge is 0.0666 e. The molecule has 1 fully saturated rings. The first-order chi connectivity index (χ1) is 8.03. The second-order valence-electron chi connectivity index (χ2n) is 5.94. The molecule has 0 saturated heterocycles. The van der Waals surface area contributed by atoms with Crippen LogP contribution in [-0.2, 0) is 20.0 Å². The zero-order valence-corrected chi connectivity index (χ0v) is 11.6. The number of aromatic nitrogens is 2. The van der Waals surface area contributed by atoms with Gasteiger partial charge in [0.25, 0.3) is 0 Å². The van der Waals surface area contributed by atoms with E-state index < -0.39 is 0 Å². The van der Waals surface area contributed by atoms with E-state index in [0.29, 0.717) is 11.5 Å². The molecule has 2 rings (SSSR count). The van der Waals surface area contributed by atoms with Crippen LogP contribution in [0.3, 0.4) is 0 Å². The summed E-state index contributed by atoms with van der Waals surface area (Å²) < 4.78 is 1.93. The van der Waals surface area contributed by atoms with Gasteiger partial charge in [0, 0.05) is 31.4 Å². The van der Waals surface area contributed by atoms with Crippen molar-refractivity contribution < 1.29 is 0 Å². The van der Waals surface area contributed by atoms with Gasteiger partial charge in [0.2, 0.25) is 0 Å². The summed E-state index contributed by atoms with van der Waals surface area (Å²) in [4.78, 5) is 0. The van der Waals surface area contributed by atoms with E-state index in [1.807, 2.05) is 11.7 Å². The number of nitrogens with one attached hydrogen (secondary N) is 1. The van der Waals surface area contributed by atoms with Crippen molar-refractivity contribution in [3.05, 3.63) is 17.5 Å². The van der Waals surface area contributed by atoms with Crippen LogP contribution in [0.1, 0.15) is 51.3 Å². The van der Waals surface area contributed by atoms with Crippen LogP contribution in [0.2, 0.25) is 0 Å². The predicted molar refractivity (Wildman–Crippen MR) is 70.8 cm³/mol. The van der Waals surface area contributed by atoms with Crippen molar-refractivity contribution in [2.45, 2.75) is 59.0 Å². The number of nitrogens with zero attached hydrogens (tertiary/aromatic N) is 2. The van der Waals surface area contributed by atoms with Gasteiger partial charge >= 0.3 is 0 Å². The zero-order chi connectivity index (χ0) is 12.5. The summed E-state index contributed by atoms with van der Waals surface area (Å²) in [6, 6.07) is 0.660. The second kappa shape index (κ2) is 4.81. The first-order valence-electron chi connectivity index (χ1n) is 6.77. The second-order valence-corrected chi connectivity index (χ2v) is 5.94. The molecule has 0 aromatic carbocycles. The summed E-state index contributed by atoms with van der Waals surface area (Å²) in [5.41, 5.74) is 3.04. The van der Waals surface area contributed by atoms with Crippen molar-refractivity contribution in [3.63, 3.8) is 0 Å². The molecule has 1 atom stereocenters. The number of aryl methyl sites for hydroxylation is 2. The maximum Gasteiger partial charge on any atom is 0.0666 e. The van der Waals surface area contributed by atoms with Gasteiger partial charge in [0.05, 0.1) is 5.69 Å². The predicted octanol–water partition coefficient (Wildman–Crippen LogP) is 2.65. The Morgan fingerprint density at radius 1 is 1.53 bits per heavy atom. The van der Waals surface area contributed by atoms with Crippen molar-refractivity contribution in [2.75, 3.05) is 0 Å². The van der Waals surface area contributed by atoms with Crippen LogP contribution >= 0.6 is 0 Å². The van der Waals surface area contributed by atoms with E-state index in [4.69, 9.17) is 0 Å². The Labute approximate surface area is 105 Å². The highest BCUT2D eigenvalue weighted by molar-refractivity contribution is 5.17. The summed E-state index contributed by atoms with van der Waals surface area (Å²) in [5.74, 6) is 0. The number of rotatable bonds is 4. The Morgan fingerprint density at radius 3 is 2.88 bits per heavy atom. The molecule has 0 bridgehead atoms. The van der Waals surface area contributed by atoms with Crippen molar-refractivity contribution in [1.82, 2.24) is 15.1 Å². The highest BCUT2D eigenvalue weighted by Gasteiger charge is 2.33. The molecule has 0 spiro atoms. The van der Waals surface area contributed by atoms with E-state index in [9.17, 15) is 0 Å². The lowest BCUT2D eigenvalue weighted by Crippen LogP contribution is -2.37. The lowest BCUT2D eigenvalue weighted by atomic mass is 9.87. The monoisotopic (exact) mass is 235 g/mol. The Bertz CT molecular complexity index is 379. The first-order valence-corrected chi connectivity index (χ1v) is 6.77. The minimum Gasteiger partial charge on any atom is -0.309 e. The van der Waals surface area contributed by atoms with Crippen molar-refractivity contribution in [2.24, 2.45) is 12.5 Å². The standard InChI is InChI=1S/C14H25N3/c1-5-12-11(10-17(4)16-12)9-15-13-7-6-8-14(13,2)3/h10,13,15H,5-9H2,1-4H3. The number of hydrogen-bond acceptors (Lipinski definition) is 2. The molecule has 1 N–H and O–H groups in total. The third-order valence-electron chi connectivity index (χ3n) is 4.12. The van der Waals surface area contributed by atoms with Crippen LogP contribution < -0.4 is 5.32 Å². The summed E-state index contributed by atoms with van der Waals surface area (Å²) in [7, 11) is 2.00. The zero-order valence-electron chi connectivity index (χ0n) is 11.6. The lowest BCUT2D eigenvalue weighted by molar-refractivity contribution is 0.282. The fourth-order valence-corrected chi connectivity index (χ4v) is 2.97. The molecule has 1 aliphatic carbocycles. The van der Waals surface area contributed by atoms with E-state index in [1.54, 1.807) is 0 Å². The minimum absolute atomic E-state index is 0.453. The minimum atomic E-state index is 0.453. The van der Waals surface area contributed by atoms with E-state index in [2.05, 4.69) is 37.4 Å². The fraction of sp³-hybridized carbons (Fsp3) is 0.786. The molecule has 1 aromatic heterocycles. The normalized spacial score (nSPS) is 23.2. The summed E-state index contributed by atoms with van der Waals surface area (Å²) in [6.45, 7) is 7.89. The molecule has 17 heavy (non-hydrogen) atoms. The maximum absolute atomic E-state index is 4.49. The topological polar surface area (TPSA) is 29.9 Å². The van der Waals surface area contributed by atoms with Crippen LogP contribution in [0, 0.1) is 5.41 Å². The van der Waals surface area contributed by atoms with Gasteiger partial charge in [-0.25, -0.2) is 0 Å². The van der Waals surface area contributed by atoms with Gasteiger partial charge in [-0.1, -0.05) is 27.2 Å². The molecule has 1 aliphatic rings. The van der Waals surface area contributed by atoms with E-state index in [0.717, 1.165) is 13.0 Å². The van der Waals surface area contributed by atoms with Crippen LogP contribution in [0.15, 0.2) is 6.20 Å². The summed E-state index contributed by atoms with van der Waals surface area (Å²) >= 11 is 0. The average Bonchev–Trinajstić information content (AvgIpc) is 2.78. The molecule has 3 nitrogen and oxygen atoms in total. The third kappa shape index (κ3) is 2.71. The number of hydrogen-bond donors (Lipinski definition) is 1. The van der Waals surface area contributed by atoms with E-state index >= 15 is 0 Å². The quantitative estimate of drug-likeness (QED) is 0.869. The van der Waals surface area contributed by atoms with Gasteiger partial charge in [0.1, 0.15) is 0 Å². The molecule has 3 heteroatoms. The molecule has 96 valence electrons. The Balaban J connectivity index is 1.97. The van der Waals surface area contributed by atoms with Gasteiger partial charge in [-0.05, 0) is 24.7 Å². The first kappa shape index (κ1) is 12.6. The highest BCUT2D eigenvalue weighted by atomic mass is 15.3. The van der Waals surface area contributed by atoms with Crippen molar-refractivity contribution in [3.8, 4) is 0 Å². The lowest BCUT2D eigenvalue weighted by Gasteiger charge is -2.27. The molecule has 1 unspecified atom stereocenters. The Hall–Kier alpha value is -0.830. The maximum atomic E-state index is 4.49. The molecule has 1 saturated carbocycles. The molecule has 0 amide bonds. The van der Waals surface area contributed by atoms with Crippen LogP contribution in [0.25, 0.3) is 0 Å².